The smallest absolute Gasteiger partial charge is 0.450 e. The third-order valence-corrected chi connectivity index (χ3v) is 7.55. The summed E-state index contributed by atoms with van der Waals surface area (Å²) >= 11 is 0. The van der Waals surface area contributed by atoms with Gasteiger partial charge in [0.05, 0.1) is 41.3 Å². The number of carboxylic acid groups (broad SMARTS) is 1. The molecule has 1 aliphatic heterocycles. The van der Waals surface area contributed by atoms with Crippen molar-refractivity contribution in [3.8, 4) is 11.4 Å². The second-order valence-electron chi connectivity index (χ2n) is 10.3. The summed E-state index contributed by atoms with van der Waals surface area (Å²) in [5.41, 5.74) is 12.9. The average molecular weight is 573 g/mol. The van der Waals surface area contributed by atoms with Crippen LogP contribution < -0.4 is 22.5 Å². The molecule has 4 aromatic rings. The van der Waals surface area contributed by atoms with Crippen LogP contribution in [0, 0.1) is 12.7 Å². The first-order chi connectivity index (χ1) is 20.1. The van der Waals surface area contributed by atoms with Crippen molar-refractivity contribution in [1.82, 2.24) is 14.6 Å². The quantitative estimate of drug-likeness (QED) is 0.112. The van der Waals surface area contributed by atoms with Crippen molar-refractivity contribution in [1.29, 1.82) is 0 Å². The first-order valence-corrected chi connectivity index (χ1v) is 13.6. The van der Waals surface area contributed by atoms with E-state index < -0.39 is 6.16 Å². The van der Waals surface area contributed by atoms with E-state index in [0.717, 1.165) is 34.2 Å². The van der Waals surface area contributed by atoms with E-state index in [0.29, 0.717) is 45.7 Å². The Balaban J connectivity index is 1.62. The Kier molecular flexibility index (Phi) is 7.86. The van der Waals surface area contributed by atoms with Crippen LogP contribution in [-0.4, -0.2) is 32.9 Å². The highest BCUT2D eigenvalue weighted by molar-refractivity contribution is 5.88. The Morgan fingerprint density at radius 2 is 1.98 bits per heavy atom. The number of nitrogens with zero attached hydrogens (tertiary/aromatic N) is 3. The molecule has 0 amide bonds. The van der Waals surface area contributed by atoms with E-state index in [1.54, 1.807) is 23.8 Å². The Labute approximate surface area is 242 Å². The van der Waals surface area contributed by atoms with E-state index in [-0.39, 0.29) is 31.1 Å². The maximum absolute atomic E-state index is 14.7. The van der Waals surface area contributed by atoms with Crippen molar-refractivity contribution >= 4 is 28.4 Å². The third kappa shape index (κ3) is 5.38. The molecule has 10 nitrogen and oxygen atoms in total. The summed E-state index contributed by atoms with van der Waals surface area (Å²) < 4.78 is 21.1. The number of fused-ring (bicyclic) bond motifs is 4. The number of pyridine rings is 2. The fraction of sp³-hybridized carbons (Fsp3) is 0.258. The van der Waals surface area contributed by atoms with E-state index in [1.807, 2.05) is 44.3 Å². The molecule has 2 aromatic carbocycles. The minimum atomic E-state index is -1.45. The molecule has 0 aliphatic carbocycles. The second kappa shape index (κ2) is 11.5. The number of benzene rings is 2. The Morgan fingerprint density at radius 3 is 2.64 bits per heavy atom. The first kappa shape index (κ1) is 28.6. The number of hydrogen-bond acceptors (Lipinski definition) is 8. The second-order valence-corrected chi connectivity index (χ2v) is 10.3. The van der Waals surface area contributed by atoms with E-state index in [9.17, 15) is 14.0 Å². The average Bonchev–Trinajstić information content (AvgIpc) is 3.32. The van der Waals surface area contributed by atoms with Crippen molar-refractivity contribution in [3.05, 3.63) is 98.2 Å². The lowest BCUT2D eigenvalue weighted by molar-refractivity contribution is 0.0847. The zero-order valence-corrected chi connectivity index (χ0v) is 23.7. The van der Waals surface area contributed by atoms with Gasteiger partial charge in [0.1, 0.15) is 12.4 Å². The van der Waals surface area contributed by atoms with Crippen molar-refractivity contribution in [2.45, 2.75) is 46.4 Å². The maximum atomic E-state index is 14.7. The van der Waals surface area contributed by atoms with E-state index in [1.165, 1.54) is 11.1 Å². The number of anilines is 1. The van der Waals surface area contributed by atoms with Gasteiger partial charge in [-0.1, -0.05) is 25.5 Å². The lowest BCUT2D eigenvalue weighted by atomic mass is 9.98. The highest BCUT2D eigenvalue weighted by Crippen LogP contribution is 2.37. The van der Waals surface area contributed by atoms with Crippen LogP contribution in [0.5, 0.6) is 0 Å². The van der Waals surface area contributed by atoms with Gasteiger partial charge < -0.3 is 30.5 Å². The lowest BCUT2D eigenvalue weighted by Crippen LogP contribution is -2.27. The van der Waals surface area contributed by atoms with E-state index in [2.05, 4.69) is 5.32 Å². The number of hydrogen-bond donors (Lipinski definition) is 4. The summed E-state index contributed by atoms with van der Waals surface area (Å²) in [5.74, 6) is 6.09. The van der Waals surface area contributed by atoms with Gasteiger partial charge in [-0.05, 0) is 59.9 Å². The third-order valence-electron chi connectivity index (χ3n) is 7.55. The number of nitrogens with one attached hydrogen (secondary N) is 1. The SMILES string of the molecule is CCCc1cc2n(c(=O)c1COC(=O)O)Cc1c-2nc2cc(F)c(C)cc2c1CN(N)/C=C(\N)c1ccc(NC)cc1. The number of carbonyl (C=O) groups is 1. The summed E-state index contributed by atoms with van der Waals surface area (Å²) in [6.07, 6.45) is 1.48. The number of aryl methyl sites for hydroxylation is 2. The number of ether oxygens (including phenoxy) is 1. The molecule has 0 fully saturated rings. The number of halogens is 1. The van der Waals surface area contributed by atoms with Crippen molar-refractivity contribution < 1.29 is 19.0 Å². The van der Waals surface area contributed by atoms with Gasteiger partial charge in [-0.25, -0.2) is 20.0 Å². The van der Waals surface area contributed by atoms with Gasteiger partial charge >= 0.3 is 6.16 Å². The molecule has 1 aliphatic rings. The predicted molar refractivity (Wildman–Crippen MR) is 160 cm³/mol. The monoisotopic (exact) mass is 572 g/mol. The molecule has 2 aromatic heterocycles. The molecule has 5 rings (SSSR count). The minimum Gasteiger partial charge on any atom is -0.450 e. The largest absolute Gasteiger partial charge is 0.506 e. The molecule has 0 saturated carbocycles. The Bertz CT molecular complexity index is 1780. The van der Waals surface area contributed by atoms with Gasteiger partial charge in [0.15, 0.2) is 0 Å². The number of nitrogens with two attached hydrogens (primary N) is 2. The molecule has 0 saturated heterocycles. The van der Waals surface area contributed by atoms with Crippen LogP contribution in [0.4, 0.5) is 14.9 Å². The zero-order valence-electron chi connectivity index (χ0n) is 23.7. The molecule has 0 radical (unpaired) electrons. The van der Waals surface area contributed by atoms with Gasteiger partial charge in [0, 0.05) is 36.0 Å². The summed E-state index contributed by atoms with van der Waals surface area (Å²) in [4.78, 5) is 29.6. The fourth-order valence-electron chi connectivity index (χ4n) is 5.40. The van der Waals surface area contributed by atoms with Crippen LogP contribution in [0.2, 0.25) is 0 Å². The molecule has 218 valence electrons. The van der Waals surface area contributed by atoms with Crippen LogP contribution in [-0.2, 0) is 30.9 Å². The summed E-state index contributed by atoms with van der Waals surface area (Å²) in [6, 6.07) is 12.6. The van der Waals surface area contributed by atoms with Crippen LogP contribution >= 0.6 is 0 Å². The minimum absolute atomic E-state index is 0.198. The molecule has 3 heterocycles. The van der Waals surface area contributed by atoms with E-state index >= 15 is 0 Å². The van der Waals surface area contributed by atoms with Crippen LogP contribution in [0.1, 0.15) is 46.7 Å². The van der Waals surface area contributed by atoms with Crippen LogP contribution in [0.15, 0.2) is 53.5 Å². The molecular formula is C31H33FN6O4. The van der Waals surface area contributed by atoms with Gasteiger partial charge in [-0.2, -0.15) is 0 Å². The Morgan fingerprint density at radius 1 is 1.24 bits per heavy atom. The molecule has 42 heavy (non-hydrogen) atoms. The van der Waals surface area contributed by atoms with Gasteiger partial charge in [0.25, 0.3) is 5.56 Å². The summed E-state index contributed by atoms with van der Waals surface area (Å²) in [5, 5.41) is 14.3. The van der Waals surface area contributed by atoms with Gasteiger partial charge in [-0.15, -0.1) is 0 Å². The van der Waals surface area contributed by atoms with Crippen LogP contribution in [0.25, 0.3) is 28.0 Å². The molecule has 0 unspecified atom stereocenters. The number of hydrazine groups is 1. The maximum Gasteiger partial charge on any atom is 0.506 e. The zero-order chi connectivity index (χ0) is 30.1. The molecule has 6 N–H and O–H groups in total. The van der Waals surface area contributed by atoms with Crippen molar-refractivity contribution in [3.63, 3.8) is 0 Å². The number of aromatic nitrogens is 2. The molecule has 11 heteroatoms. The predicted octanol–water partition coefficient (Wildman–Crippen LogP) is 4.69. The first-order valence-electron chi connectivity index (χ1n) is 13.6. The van der Waals surface area contributed by atoms with Crippen molar-refractivity contribution in [2.75, 3.05) is 12.4 Å². The molecular weight excluding hydrogens is 539 g/mol. The molecule has 0 spiro atoms. The normalized spacial score (nSPS) is 12.3. The highest BCUT2D eigenvalue weighted by atomic mass is 19.1. The standard InChI is InChI=1S/C31H33FN6O4/c1-4-5-19-11-28-29-23(14-38(28)30(39)24(19)16-42-31(40)41)22(21-10-17(2)25(32)12-27(21)36-29)13-37(34)15-26(33)18-6-8-20(35-3)9-7-18/h6-12,15,35H,4-5,13-14,16,33-34H2,1-3H3,(H,40,41)/b26-15-. The lowest BCUT2D eigenvalue weighted by Gasteiger charge is -2.19. The summed E-state index contributed by atoms with van der Waals surface area (Å²) in [6.45, 7) is 3.72. The highest BCUT2D eigenvalue weighted by Gasteiger charge is 2.29. The van der Waals surface area contributed by atoms with Gasteiger partial charge in [-0.3, -0.25) is 4.79 Å². The topological polar surface area (TPSA) is 149 Å². The summed E-state index contributed by atoms with van der Waals surface area (Å²) in [7, 11) is 1.84. The van der Waals surface area contributed by atoms with Gasteiger partial charge in [0.2, 0.25) is 0 Å². The van der Waals surface area contributed by atoms with Crippen molar-refractivity contribution in [2.24, 2.45) is 11.6 Å². The molecule has 0 atom stereocenters. The number of rotatable bonds is 9. The van der Waals surface area contributed by atoms with Crippen LogP contribution in [0.3, 0.4) is 0 Å². The molecule has 0 bridgehead atoms. The van der Waals surface area contributed by atoms with E-state index in [4.69, 9.17) is 26.4 Å². The Hall–Kier alpha value is -4.90. The fourth-order valence-corrected chi connectivity index (χ4v) is 5.40.